The van der Waals surface area contributed by atoms with Gasteiger partial charge in [-0.2, -0.15) is 5.10 Å². The van der Waals surface area contributed by atoms with Gasteiger partial charge in [0.2, 0.25) is 0 Å². The van der Waals surface area contributed by atoms with E-state index in [0.29, 0.717) is 24.5 Å². The van der Waals surface area contributed by atoms with E-state index in [1.165, 1.54) is 0 Å². The maximum atomic E-state index is 11.1. The fourth-order valence-corrected chi connectivity index (χ4v) is 2.29. The first-order valence-corrected chi connectivity index (χ1v) is 6.54. The Morgan fingerprint density at radius 2 is 2.00 bits per heavy atom. The van der Waals surface area contributed by atoms with Gasteiger partial charge in [-0.1, -0.05) is 11.6 Å². The topological polar surface area (TPSA) is 72.7 Å². The van der Waals surface area contributed by atoms with Gasteiger partial charge in [0, 0.05) is 24.8 Å². The van der Waals surface area contributed by atoms with Crippen molar-refractivity contribution in [3.63, 3.8) is 0 Å². The van der Waals surface area contributed by atoms with Crippen molar-refractivity contribution in [2.75, 3.05) is 5.32 Å². The predicted molar refractivity (Wildman–Crippen MR) is 77.2 cm³/mol. The number of nitrogens with zero attached hydrogens (tertiary/aromatic N) is 4. The molecule has 0 saturated heterocycles. The van der Waals surface area contributed by atoms with Crippen molar-refractivity contribution in [3.8, 4) is 0 Å². The Hall–Kier alpha value is -1.95. The van der Waals surface area contributed by atoms with Crippen LogP contribution in [0.2, 0.25) is 5.15 Å². The normalized spacial score (nSPS) is 10.7. The lowest BCUT2D eigenvalue weighted by molar-refractivity contribution is 0.112. The molecule has 0 spiro atoms. The molecule has 0 radical (unpaired) electrons. The molecule has 0 bridgehead atoms. The number of aryl methyl sites for hydroxylation is 3. The van der Waals surface area contributed by atoms with Gasteiger partial charge >= 0.3 is 0 Å². The third-order valence-corrected chi connectivity index (χ3v) is 3.51. The molecule has 20 heavy (non-hydrogen) atoms. The molecule has 1 N–H and O–H groups in total. The molecule has 2 heterocycles. The molecule has 106 valence electrons. The zero-order valence-corrected chi connectivity index (χ0v) is 12.6. The van der Waals surface area contributed by atoms with E-state index in [2.05, 4.69) is 20.4 Å². The SMILES string of the molecule is Cc1nc(Cl)c(C=O)c(NCc2c(C)nn(C)c2C)n1. The zero-order valence-electron chi connectivity index (χ0n) is 11.9. The zero-order chi connectivity index (χ0) is 14.9. The molecule has 6 nitrogen and oxygen atoms in total. The molecule has 0 unspecified atom stereocenters. The highest BCUT2D eigenvalue weighted by Crippen LogP contribution is 2.20. The van der Waals surface area contributed by atoms with Gasteiger partial charge in [-0.05, 0) is 20.8 Å². The summed E-state index contributed by atoms with van der Waals surface area (Å²) in [5, 5.41) is 7.65. The largest absolute Gasteiger partial charge is 0.365 e. The highest BCUT2D eigenvalue weighted by Gasteiger charge is 2.13. The van der Waals surface area contributed by atoms with Crippen LogP contribution in [-0.2, 0) is 13.6 Å². The van der Waals surface area contributed by atoms with Crippen LogP contribution >= 0.6 is 11.6 Å². The van der Waals surface area contributed by atoms with Gasteiger partial charge in [0.1, 0.15) is 16.8 Å². The van der Waals surface area contributed by atoms with Crippen LogP contribution in [0, 0.1) is 20.8 Å². The van der Waals surface area contributed by atoms with E-state index in [1.54, 1.807) is 6.92 Å². The van der Waals surface area contributed by atoms with Crippen LogP contribution in [0.1, 0.15) is 33.1 Å². The minimum absolute atomic E-state index is 0.162. The Labute approximate surface area is 122 Å². The fraction of sp³-hybridized carbons (Fsp3) is 0.385. The van der Waals surface area contributed by atoms with E-state index in [0.717, 1.165) is 17.0 Å². The number of hydrogen-bond acceptors (Lipinski definition) is 5. The summed E-state index contributed by atoms with van der Waals surface area (Å²) in [6.07, 6.45) is 0.660. The summed E-state index contributed by atoms with van der Waals surface area (Å²) in [7, 11) is 1.90. The third-order valence-electron chi connectivity index (χ3n) is 3.22. The number of carbonyl (C=O) groups excluding carboxylic acids is 1. The monoisotopic (exact) mass is 293 g/mol. The molecule has 0 aromatic carbocycles. The van der Waals surface area contributed by atoms with E-state index in [4.69, 9.17) is 11.6 Å². The van der Waals surface area contributed by atoms with Gasteiger partial charge in [0.15, 0.2) is 6.29 Å². The van der Waals surface area contributed by atoms with E-state index in [1.807, 2.05) is 25.6 Å². The Kier molecular flexibility index (Phi) is 4.04. The molecule has 0 aliphatic heterocycles. The molecule has 0 amide bonds. The van der Waals surface area contributed by atoms with E-state index >= 15 is 0 Å². The summed E-state index contributed by atoms with van der Waals surface area (Å²) in [5.41, 5.74) is 3.37. The Morgan fingerprint density at radius 1 is 1.30 bits per heavy atom. The minimum Gasteiger partial charge on any atom is -0.365 e. The number of rotatable bonds is 4. The lowest BCUT2D eigenvalue weighted by Gasteiger charge is -2.10. The summed E-state index contributed by atoms with van der Waals surface area (Å²) < 4.78 is 1.82. The molecule has 0 aliphatic rings. The van der Waals surface area contributed by atoms with Crippen molar-refractivity contribution < 1.29 is 4.79 Å². The molecule has 2 aromatic heterocycles. The fourth-order valence-electron chi connectivity index (χ4n) is 2.03. The molecular weight excluding hydrogens is 278 g/mol. The van der Waals surface area contributed by atoms with Crippen LogP contribution in [0.4, 0.5) is 5.82 Å². The van der Waals surface area contributed by atoms with Crippen molar-refractivity contribution in [1.82, 2.24) is 19.7 Å². The maximum absolute atomic E-state index is 11.1. The van der Waals surface area contributed by atoms with E-state index < -0.39 is 0 Å². The van der Waals surface area contributed by atoms with Crippen LogP contribution in [0.15, 0.2) is 0 Å². The van der Waals surface area contributed by atoms with Gasteiger partial charge in [-0.15, -0.1) is 0 Å². The quantitative estimate of drug-likeness (QED) is 0.691. The average Bonchev–Trinajstić information content (AvgIpc) is 2.61. The molecule has 0 atom stereocenters. The van der Waals surface area contributed by atoms with Gasteiger partial charge in [0.05, 0.1) is 11.3 Å². The third kappa shape index (κ3) is 2.65. The molecule has 0 aliphatic carbocycles. The van der Waals surface area contributed by atoms with Crippen LogP contribution < -0.4 is 5.32 Å². The van der Waals surface area contributed by atoms with Gasteiger partial charge < -0.3 is 5.32 Å². The number of aldehydes is 1. The second-order valence-corrected chi connectivity index (χ2v) is 4.93. The first-order chi connectivity index (χ1) is 9.43. The molecular formula is C13H16ClN5O. The summed E-state index contributed by atoms with van der Waals surface area (Å²) in [6.45, 7) is 6.20. The number of carbonyl (C=O) groups is 1. The molecule has 7 heteroatoms. The minimum atomic E-state index is 0.162. The van der Waals surface area contributed by atoms with Crippen molar-refractivity contribution >= 4 is 23.7 Å². The lowest BCUT2D eigenvalue weighted by atomic mass is 10.2. The Bertz CT molecular complexity index is 665. The standard InChI is InChI=1S/C13H16ClN5O/c1-7-10(8(2)19(4)18-7)5-15-13-11(6-20)12(14)16-9(3)17-13/h6H,5H2,1-4H3,(H,15,16,17). The highest BCUT2D eigenvalue weighted by molar-refractivity contribution is 6.32. The number of hydrogen-bond donors (Lipinski definition) is 1. The Balaban J connectivity index is 2.29. The second-order valence-electron chi connectivity index (χ2n) is 4.57. The van der Waals surface area contributed by atoms with Crippen LogP contribution in [-0.4, -0.2) is 26.0 Å². The van der Waals surface area contributed by atoms with E-state index in [9.17, 15) is 4.79 Å². The van der Waals surface area contributed by atoms with E-state index in [-0.39, 0.29) is 10.7 Å². The van der Waals surface area contributed by atoms with Crippen LogP contribution in [0.25, 0.3) is 0 Å². The second kappa shape index (κ2) is 5.58. The molecule has 2 rings (SSSR count). The molecule has 2 aromatic rings. The summed E-state index contributed by atoms with van der Waals surface area (Å²) in [5.74, 6) is 0.961. The highest BCUT2D eigenvalue weighted by atomic mass is 35.5. The molecule has 0 fully saturated rings. The van der Waals surface area contributed by atoms with Gasteiger partial charge in [-0.3, -0.25) is 9.48 Å². The first-order valence-electron chi connectivity index (χ1n) is 6.16. The van der Waals surface area contributed by atoms with Crippen molar-refractivity contribution in [1.29, 1.82) is 0 Å². The van der Waals surface area contributed by atoms with Crippen LogP contribution in [0.3, 0.4) is 0 Å². The average molecular weight is 294 g/mol. The van der Waals surface area contributed by atoms with Gasteiger partial charge in [0.25, 0.3) is 0 Å². The maximum Gasteiger partial charge on any atom is 0.156 e. The van der Waals surface area contributed by atoms with Gasteiger partial charge in [-0.25, -0.2) is 9.97 Å². The number of halogens is 1. The predicted octanol–water partition coefficient (Wildman–Crippen LogP) is 2.21. The number of nitrogens with one attached hydrogen (secondary N) is 1. The molecule has 0 saturated carbocycles. The Morgan fingerprint density at radius 3 is 2.55 bits per heavy atom. The van der Waals surface area contributed by atoms with Crippen LogP contribution in [0.5, 0.6) is 0 Å². The lowest BCUT2D eigenvalue weighted by Crippen LogP contribution is -2.08. The summed E-state index contributed by atoms with van der Waals surface area (Å²) in [6, 6.07) is 0. The smallest absolute Gasteiger partial charge is 0.156 e. The number of anilines is 1. The summed E-state index contributed by atoms with van der Waals surface area (Å²) >= 11 is 5.94. The van der Waals surface area contributed by atoms with Crippen molar-refractivity contribution in [2.24, 2.45) is 7.05 Å². The van der Waals surface area contributed by atoms with Crippen molar-refractivity contribution in [3.05, 3.63) is 33.5 Å². The summed E-state index contributed by atoms with van der Waals surface area (Å²) in [4.78, 5) is 19.3. The van der Waals surface area contributed by atoms with Crippen molar-refractivity contribution in [2.45, 2.75) is 27.3 Å². The number of aromatic nitrogens is 4. The first kappa shape index (κ1) is 14.5.